The molecular formula is C22H16N2O3S. The molecule has 0 unspecified atom stereocenters. The zero-order valence-electron chi connectivity index (χ0n) is 15.3. The first-order valence-electron chi connectivity index (χ1n) is 8.76. The zero-order chi connectivity index (χ0) is 19.3. The predicted octanol–water partition coefficient (Wildman–Crippen LogP) is 5.21. The molecule has 1 aliphatic carbocycles. The number of amides is 1. The second-order valence-electron chi connectivity index (χ2n) is 6.43. The van der Waals surface area contributed by atoms with Crippen molar-refractivity contribution >= 4 is 33.1 Å². The summed E-state index contributed by atoms with van der Waals surface area (Å²) in [5, 5.41) is 5.91. The van der Waals surface area contributed by atoms with Crippen molar-refractivity contribution < 1.29 is 14.3 Å². The third kappa shape index (κ3) is 2.46. The average Bonchev–Trinajstić information content (AvgIpc) is 3.27. The minimum Gasteiger partial charge on any atom is -0.497 e. The van der Waals surface area contributed by atoms with Gasteiger partial charge in [-0.15, -0.1) is 0 Å². The summed E-state index contributed by atoms with van der Waals surface area (Å²) < 4.78 is 10.5. The molecule has 1 heterocycles. The first kappa shape index (κ1) is 16.8. The number of nitrogens with zero attached hydrogens (tertiary/aromatic N) is 1. The van der Waals surface area contributed by atoms with Crippen LogP contribution in [0.4, 0.5) is 5.13 Å². The Kier molecular flexibility index (Phi) is 3.80. The Balaban J connectivity index is 1.50. The molecule has 5 nitrogen and oxygen atoms in total. The van der Waals surface area contributed by atoms with E-state index in [9.17, 15) is 4.79 Å². The quantitative estimate of drug-likeness (QED) is 0.459. The lowest BCUT2D eigenvalue weighted by Crippen LogP contribution is -2.13. The molecule has 0 spiro atoms. The molecule has 1 amide bonds. The number of anilines is 1. The molecule has 0 radical (unpaired) electrons. The zero-order valence-corrected chi connectivity index (χ0v) is 16.1. The largest absolute Gasteiger partial charge is 0.497 e. The van der Waals surface area contributed by atoms with Crippen LogP contribution >= 0.6 is 11.3 Å². The second kappa shape index (κ2) is 6.35. The number of hydrogen-bond acceptors (Lipinski definition) is 5. The van der Waals surface area contributed by atoms with Gasteiger partial charge in [-0.1, -0.05) is 47.7 Å². The van der Waals surface area contributed by atoms with Crippen LogP contribution in [0.1, 0.15) is 10.4 Å². The van der Waals surface area contributed by atoms with Crippen LogP contribution in [0.3, 0.4) is 0 Å². The van der Waals surface area contributed by atoms with E-state index in [2.05, 4.69) is 35.6 Å². The van der Waals surface area contributed by atoms with Gasteiger partial charge in [-0.25, -0.2) is 4.98 Å². The molecule has 1 N–H and O–H groups in total. The van der Waals surface area contributed by atoms with Crippen LogP contribution in [0, 0.1) is 0 Å². The van der Waals surface area contributed by atoms with Crippen LogP contribution in [0.25, 0.3) is 32.5 Å². The molecular weight excluding hydrogens is 372 g/mol. The van der Waals surface area contributed by atoms with E-state index >= 15 is 0 Å². The number of aromatic nitrogens is 1. The number of ether oxygens (including phenoxy) is 2. The molecule has 1 aliphatic rings. The van der Waals surface area contributed by atoms with Gasteiger partial charge in [0.1, 0.15) is 11.5 Å². The van der Waals surface area contributed by atoms with E-state index in [1.807, 2.05) is 6.07 Å². The van der Waals surface area contributed by atoms with Gasteiger partial charge in [0.2, 0.25) is 0 Å². The van der Waals surface area contributed by atoms with Crippen LogP contribution in [-0.2, 0) is 0 Å². The lowest BCUT2D eigenvalue weighted by Gasteiger charge is -2.09. The highest BCUT2D eigenvalue weighted by atomic mass is 32.1. The molecule has 0 bridgehead atoms. The summed E-state index contributed by atoms with van der Waals surface area (Å²) in [5.41, 5.74) is 3.64. The number of carbonyl (C=O) groups excluding carboxylic acids is 1. The van der Waals surface area contributed by atoms with E-state index < -0.39 is 0 Å². The van der Waals surface area contributed by atoms with Gasteiger partial charge in [-0.05, 0) is 22.9 Å². The molecule has 4 aromatic rings. The van der Waals surface area contributed by atoms with Crippen LogP contribution in [0.15, 0.2) is 54.6 Å². The fourth-order valence-electron chi connectivity index (χ4n) is 3.62. The van der Waals surface area contributed by atoms with E-state index in [0.29, 0.717) is 22.2 Å². The van der Waals surface area contributed by atoms with Gasteiger partial charge in [-0.2, -0.15) is 0 Å². The minimum atomic E-state index is -0.265. The second-order valence-corrected chi connectivity index (χ2v) is 7.43. The number of thiazole rings is 1. The summed E-state index contributed by atoms with van der Waals surface area (Å²) in [6, 6.07) is 17.6. The van der Waals surface area contributed by atoms with Gasteiger partial charge in [-0.3, -0.25) is 10.1 Å². The molecule has 0 saturated carbocycles. The van der Waals surface area contributed by atoms with Gasteiger partial charge in [0.05, 0.1) is 30.4 Å². The van der Waals surface area contributed by atoms with E-state index in [4.69, 9.17) is 14.5 Å². The van der Waals surface area contributed by atoms with Crippen molar-refractivity contribution in [2.45, 2.75) is 0 Å². The van der Waals surface area contributed by atoms with Gasteiger partial charge in [0.15, 0.2) is 5.13 Å². The monoisotopic (exact) mass is 388 g/mol. The number of hydrogen-bond donors (Lipinski definition) is 1. The number of nitrogens with one attached hydrogen (secondary N) is 1. The van der Waals surface area contributed by atoms with Crippen LogP contribution in [-0.4, -0.2) is 25.1 Å². The Morgan fingerprint density at radius 2 is 1.79 bits per heavy atom. The number of benzene rings is 3. The number of methoxy groups -OCH3 is 2. The Morgan fingerprint density at radius 3 is 2.54 bits per heavy atom. The van der Waals surface area contributed by atoms with Crippen LogP contribution < -0.4 is 14.8 Å². The van der Waals surface area contributed by atoms with E-state index in [0.717, 1.165) is 16.1 Å². The Hall–Kier alpha value is -3.38. The highest BCUT2D eigenvalue weighted by molar-refractivity contribution is 7.20. The fourth-order valence-corrected chi connectivity index (χ4v) is 4.62. The number of rotatable bonds is 4. The maximum absolute atomic E-state index is 12.8. The third-order valence-electron chi connectivity index (χ3n) is 4.91. The summed E-state index contributed by atoms with van der Waals surface area (Å²) >= 11 is 1.49. The molecule has 6 heteroatoms. The van der Waals surface area contributed by atoms with E-state index in [-0.39, 0.29) is 5.91 Å². The van der Waals surface area contributed by atoms with Crippen molar-refractivity contribution in [3.8, 4) is 33.2 Å². The van der Waals surface area contributed by atoms with Crippen LogP contribution in [0.2, 0.25) is 0 Å². The fraction of sp³-hybridized carbons (Fsp3) is 0.0909. The lowest BCUT2D eigenvalue weighted by atomic mass is 10.0. The van der Waals surface area contributed by atoms with Crippen LogP contribution in [0.5, 0.6) is 11.5 Å². The average molecular weight is 388 g/mol. The minimum absolute atomic E-state index is 0.265. The standard InChI is InChI=1S/C22H16N2O3S/c1-26-13-9-10-14(17(11-13)27-2)21(25)24-22-23-19-15-7-3-5-12-6-4-8-16(18(12)15)20(19)28-22/h3-11H,1-2H3,(H,23,24,25). The SMILES string of the molecule is COc1ccc(C(=O)Nc2nc3c(s2)-c2cccc4cccc-3c24)c(OC)c1. The summed E-state index contributed by atoms with van der Waals surface area (Å²) in [5.74, 6) is 0.820. The number of carbonyl (C=O) groups is 1. The summed E-state index contributed by atoms with van der Waals surface area (Å²) in [6.45, 7) is 0. The van der Waals surface area contributed by atoms with Gasteiger partial charge in [0, 0.05) is 17.2 Å². The molecule has 5 rings (SSSR count). The molecule has 0 aliphatic heterocycles. The van der Waals surface area contributed by atoms with Gasteiger partial charge in [0.25, 0.3) is 5.91 Å². The molecule has 1 aromatic heterocycles. The molecule has 0 atom stereocenters. The highest BCUT2D eigenvalue weighted by Gasteiger charge is 2.26. The third-order valence-corrected chi connectivity index (χ3v) is 5.91. The molecule has 138 valence electrons. The first-order chi connectivity index (χ1) is 13.7. The Bertz CT molecular complexity index is 1190. The molecule has 3 aromatic carbocycles. The van der Waals surface area contributed by atoms with Crippen molar-refractivity contribution in [1.82, 2.24) is 4.98 Å². The number of fused-ring (bicyclic) bond motifs is 3. The topological polar surface area (TPSA) is 60.5 Å². The maximum atomic E-state index is 12.8. The molecule has 0 fully saturated rings. The summed E-state index contributed by atoms with van der Waals surface area (Å²) in [6.07, 6.45) is 0. The molecule has 28 heavy (non-hydrogen) atoms. The van der Waals surface area contributed by atoms with Crippen molar-refractivity contribution in [3.05, 3.63) is 60.2 Å². The smallest absolute Gasteiger partial charge is 0.261 e. The Labute approximate surface area is 165 Å². The first-order valence-corrected chi connectivity index (χ1v) is 9.58. The van der Waals surface area contributed by atoms with Gasteiger partial charge < -0.3 is 9.47 Å². The maximum Gasteiger partial charge on any atom is 0.261 e. The van der Waals surface area contributed by atoms with Gasteiger partial charge >= 0.3 is 0 Å². The highest BCUT2D eigenvalue weighted by Crippen LogP contribution is 2.50. The summed E-state index contributed by atoms with van der Waals surface area (Å²) in [4.78, 5) is 18.6. The summed E-state index contributed by atoms with van der Waals surface area (Å²) in [7, 11) is 3.10. The van der Waals surface area contributed by atoms with Crippen molar-refractivity contribution in [2.75, 3.05) is 19.5 Å². The van der Waals surface area contributed by atoms with E-state index in [1.54, 1.807) is 25.3 Å². The van der Waals surface area contributed by atoms with Crippen molar-refractivity contribution in [2.24, 2.45) is 0 Å². The Morgan fingerprint density at radius 1 is 1.00 bits per heavy atom. The predicted molar refractivity (Wildman–Crippen MR) is 112 cm³/mol. The molecule has 0 saturated heterocycles. The van der Waals surface area contributed by atoms with Crippen molar-refractivity contribution in [1.29, 1.82) is 0 Å². The van der Waals surface area contributed by atoms with E-state index in [1.165, 1.54) is 34.8 Å². The normalized spacial score (nSPS) is 11.4. The lowest BCUT2D eigenvalue weighted by molar-refractivity contribution is 0.102. The van der Waals surface area contributed by atoms with Crippen molar-refractivity contribution in [3.63, 3.8) is 0 Å².